The number of ether oxygens (including phenoxy) is 1. The Hall–Kier alpha value is -0.0400. The van der Waals surface area contributed by atoms with Crippen molar-refractivity contribution in [2.45, 2.75) is 96.7 Å². The monoisotopic (exact) mass is 226 g/mol. The third-order valence-electron chi connectivity index (χ3n) is 3.68. The van der Waals surface area contributed by atoms with Crippen LogP contribution in [0.25, 0.3) is 0 Å². The Labute approximate surface area is 102 Å². The topological polar surface area (TPSA) is 9.23 Å². The second-order valence-electron chi connectivity index (χ2n) is 5.30. The molecule has 1 aliphatic heterocycles. The van der Waals surface area contributed by atoms with Gasteiger partial charge in [0.25, 0.3) is 0 Å². The van der Waals surface area contributed by atoms with Gasteiger partial charge >= 0.3 is 0 Å². The van der Waals surface area contributed by atoms with Crippen molar-refractivity contribution in [2.75, 3.05) is 0 Å². The summed E-state index contributed by atoms with van der Waals surface area (Å²) in [6, 6.07) is 0. The van der Waals surface area contributed by atoms with Crippen molar-refractivity contribution < 1.29 is 4.74 Å². The van der Waals surface area contributed by atoms with Gasteiger partial charge in [-0.3, -0.25) is 0 Å². The number of hydrogen-bond donors (Lipinski definition) is 0. The van der Waals surface area contributed by atoms with Crippen LogP contribution in [0.15, 0.2) is 0 Å². The molecule has 1 saturated heterocycles. The van der Waals surface area contributed by atoms with Gasteiger partial charge < -0.3 is 4.74 Å². The van der Waals surface area contributed by atoms with Crippen LogP contribution in [-0.2, 0) is 4.74 Å². The summed E-state index contributed by atoms with van der Waals surface area (Å²) in [7, 11) is 0. The number of rotatable bonds is 6. The van der Waals surface area contributed by atoms with Gasteiger partial charge in [-0.05, 0) is 25.7 Å². The molecule has 1 nitrogen and oxygen atoms in total. The van der Waals surface area contributed by atoms with Crippen LogP contribution < -0.4 is 0 Å². The van der Waals surface area contributed by atoms with Crippen molar-refractivity contribution >= 4 is 0 Å². The summed E-state index contributed by atoms with van der Waals surface area (Å²) >= 11 is 0. The first-order valence-corrected chi connectivity index (χ1v) is 7.52. The van der Waals surface area contributed by atoms with E-state index in [-0.39, 0.29) is 0 Å². The second kappa shape index (κ2) is 9.04. The lowest BCUT2D eigenvalue weighted by Crippen LogP contribution is -2.24. The van der Waals surface area contributed by atoms with Crippen LogP contribution in [0.4, 0.5) is 0 Å². The third kappa shape index (κ3) is 5.89. The molecule has 2 atom stereocenters. The molecular weight excluding hydrogens is 196 g/mol. The molecule has 1 fully saturated rings. The zero-order chi connectivity index (χ0) is 11.6. The van der Waals surface area contributed by atoms with Crippen LogP contribution in [0.3, 0.4) is 0 Å². The Kier molecular flexibility index (Phi) is 7.92. The minimum absolute atomic E-state index is 0.567. The van der Waals surface area contributed by atoms with Gasteiger partial charge in [0, 0.05) is 0 Å². The Morgan fingerprint density at radius 1 is 0.812 bits per heavy atom. The molecule has 0 saturated carbocycles. The first-order valence-electron chi connectivity index (χ1n) is 7.52. The van der Waals surface area contributed by atoms with Crippen LogP contribution in [0.1, 0.15) is 84.5 Å². The molecule has 96 valence electrons. The van der Waals surface area contributed by atoms with E-state index >= 15 is 0 Å². The molecule has 1 heteroatoms. The quantitative estimate of drug-likeness (QED) is 0.574. The zero-order valence-corrected chi connectivity index (χ0v) is 11.3. The summed E-state index contributed by atoms with van der Waals surface area (Å²) < 4.78 is 6.28. The standard InChI is InChI=1S/C15H30O/c1-3-5-7-11-15-13-9-6-8-12-14(16-15)10-4-2/h14-15H,3-13H2,1-2H3/t14-,15+/m1/s1. The highest BCUT2D eigenvalue weighted by Crippen LogP contribution is 2.23. The van der Waals surface area contributed by atoms with Gasteiger partial charge in [-0.25, -0.2) is 0 Å². The molecule has 0 aromatic rings. The summed E-state index contributed by atoms with van der Waals surface area (Å²) in [5.41, 5.74) is 0. The van der Waals surface area contributed by atoms with Crippen LogP contribution in [0.2, 0.25) is 0 Å². The summed E-state index contributed by atoms with van der Waals surface area (Å²) in [6.45, 7) is 4.55. The first kappa shape index (κ1) is 14.0. The lowest BCUT2D eigenvalue weighted by molar-refractivity contribution is -0.0380. The van der Waals surface area contributed by atoms with E-state index in [9.17, 15) is 0 Å². The van der Waals surface area contributed by atoms with Gasteiger partial charge in [-0.1, -0.05) is 58.8 Å². The van der Waals surface area contributed by atoms with Gasteiger partial charge in [-0.2, -0.15) is 0 Å². The summed E-state index contributed by atoms with van der Waals surface area (Å²) in [5, 5.41) is 0. The maximum Gasteiger partial charge on any atom is 0.0578 e. The second-order valence-corrected chi connectivity index (χ2v) is 5.30. The Bertz CT molecular complexity index is 156. The van der Waals surface area contributed by atoms with E-state index in [1.807, 2.05) is 0 Å². The predicted octanol–water partition coefficient (Wildman–Crippen LogP) is 5.08. The molecule has 1 rings (SSSR count). The Morgan fingerprint density at radius 2 is 1.50 bits per heavy atom. The molecule has 0 amide bonds. The predicted molar refractivity (Wildman–Crippen MR) is 70.8 cm³/mol. The minimum atomic E-state index is 0.567. The van der Waals surface area contributed by atoms with E-state index in [4.69, 9.17) is 4.74 Å². The van der Waals surface area contributed by atoms with Gasteiger partial charge in [0.15, 0.2) is 0 Å². The summed E-state index contributed by atoms with van der Waals surface area (Å²) in [6.07, 6.45) is 15.8. The zero-order valence-electron chi connectivity index (χ0n) is 11.3. The maximum absolute atomic E-state index is 6.28. The van der Waals surface area contributed by atoms with Gasteiger partial charge in [0.1, 0.15) is 0 Å². The molecule has 1 aliphatic rings. The highest BCUT2D eigenvalue weighted by atomic mass is 16.5. The van der Waals surface area contributed by atoms with Crippen molar-refractivity contribution in [1.29, 1.82) is 0 Å². The average molecular weight is 226 g/mol. The van der Waals surface area contributed by atoms with E-state index in [1.54, 1.807) is 0 Å². The first-order chi connectivity index (χ1) is 7.86. The highest BCUT2D eigenvalue weighted by Gasteiger charge is 2.18. The van der Waals surface area contributed by atoms with E-state index in [0.717, 1.165) is 0 Å². The van der Waals surface area contributed by atoms with Crippen LogP contribution in [0.5, 0.6) is 0 Å². The van der Waals surface area contributed by atoms with Gasteiger partial charge in [0.05, 0.1) is 12.2 Å². The molecule has 16 heavy (non-hydrogen) atoms. The molecular formula is C15H30O. The normalized spacial score (nSPS) is 27.4. The molecule has 0 N–H and O–H groups in total. The minimum Gasteiger partial charge on any atom is -0.375 e. The number of unbranched alkanes of at least 4 members (excludes halogenated alkanes) is 2. The Balaban J connectivity index is 2.27. The maximum atomic E-state index is 6.28. The average Bonchev–Trinajstić information content (AvgIpc) is 2.24. The van der Waals surface area contributed by atoms with Crippen LogP contribution in [-0.4, -0.2) is 12.2 Å². The fraction of sp³-hybridized carbons (Fsp3) is 1.00. The fourth-order valence-electron chi connectivity index (χ4n) is 2.70. The fourth-order valence-corrected chi connectivity index (χ4v) is 2.70. The lowest BCUT2D eigenvalue weighted by Gasteiger charge is -2.27. The summed E-state index contributed by atoms with van der Waals surface area (Å²) in [4.78, 5) is 0. The van der Waals surface area contributed by atoms with E-state index in [0.29, 0.717) is 12.2 Å². The van der Waals surface area contributed by atoms with Gasteiger partial charge in [-0.15, -0.1) is 0 Å². The summed E-state index contributed by atoms with van der Waals surface area (Å²) in [5.74, 6) is 0. The Morgan fingerprint density at radius 3 is 2.12 bits per heavy atom. The largest absolute Gasteiger partial charge is 0.375 e. The van der Waals surface area contributed by atoms with E-state index < -0.39 is 0 Å². The van der Waals surface area contributed by atoms with Gasteiger partial charge in [0.2, 0.25) is 0 Å². The molecule has 1 heterocycles. The SMILES string of the molecule is CCCCC[C@H]1CCCCC[C@@H](CCC)O1. The molecule has 0 aromatic carbocycles. The molecule has 0 spiro atoms. The highest BCUT2D eigenvalue weighted by molar-refractivity contribution is 4.68. The van der Waals surface area contributed by atoms with Crippen molar-refractivity contribution in [3.8, 4) is 0 Å². The van der Waals surface area contributed by atoms with Crippen molar-refractivity contribution in [3.05, 3.63) is 0 Å². The molecule has 0 unspecified atom stereocenters. The van der Waals surface area contributed by atoms with Crippen molar-refractivity contribution in [2.24, 2.45) is 0 Å². The van der Waals surface area contributed by atoms with Crippen LogP contribution in [0, 0.1) is 0 Å². The molecule has 0 radical (unpaired) electrons. The molecule has 0 aliphatic carbocycles. The van der Waals surface area contributed by atoms with Crippen molar-refractivity contribution in [3.63, 3.8) is 0 Å². The third-order valence-corrected chi connectivity index (χ3v) is 3.68. The van der Waals surface area contributed by atoms with Crippen molar-refractivity contribution in [1.82, 2.24) is 0 Å². The molecule has 0 aromatic heterocycles. The van der Waals surface area contributed by atoms with E-state index in [2.05, 4.69) is 13.8 Å². The van der Waals surface area contributed by atoms with E-state index in [1.165, 1.54) is 70.6 Å². The smallest absolute Gasteiger partial charge is 0.0578 e. The lowest BCUT2D eigenvalue weighted by atomic mass is 9.98. The number of hydrogen-bond acceptors (Lipinski definition) is 1. The molecule has 0 bridgehead atoms. The van der Waals surface area contributed by atoms with Crippen LogP contribution >= 0.6 is 0 Å².